The van der Waals surface area contributed by atoms with Gasteiger partial charge in [0.15, 0.2) is 0 Å². The van der Waals surface area contributed by atoms with E-state index < -0.39 is 10.0 Å². The van der Waals surface area contributed by atoms with Crippen LogP contribution in [0.1, 0.15) is 51.6 Å². The van der Waals surface area contributed by atoms with E-state index in [0.717, 1.165) is 18.4 Å². The van der Waals surface area contributed by atoms with Crippen LogP contribution in [0.25, 0.3) is 0 Å². The Balaban J connectivity index is 2.81. The minimum absolute atomic E-state index is 0.122. The number of sulfonamides is 1. The summed E-state index contributed by atoms with van der Waals surface area (Å²) >= 11 is 0. The van der Waals surface area contributed by atoms with E-state index in [2.05, 4.69) is 18.6 Å². The first-order valence-corrected chi connectivity index (χ1v) is 8.64. The molecule has 0 radical (unpaired) electrons. The van der Waals surface area contributed by atoms with Crippen LogP contribution in [-0.4, -0.2) is 14.2 Å². The van der Waals surface area contributed by atoms with Crippen LogP contribution in [0.4, 0.5) is 0 Å². The molecule has 19 heavy (non-hydrogen) atoms. The number of benzene rings is 1. The minimum Gasteiger partial charge on any atom is -0.212 e. The summed E-state index contributed by atoms with van der Waals surface area (Å²) in [5, 5.41) is 0. The number of nitrogens with one attached hydrogen (secondary N) is 1. The Labute approximate surface area is 117 Å². The summed E-state index contributed by atoms with van der Waals surface area (Å²) < 4.78 is 26.9. The molecule has 1 unspecified atom stereocenters. The molecule has 108 valence electrons. The van der Waals surface area contributed by atoms with Crippen molar-refractivity contribution in [2.75, 3.05) is 5.75 Å². The van der Waals surface area contributed by atoms with Crippen molar-refractivity contribution in [1.82, 2.24) is 4.72 Å². The van der Waals surface area contributed by atoms with Gasteiger partial charge in [-0.3, -0.25) is 0 Å². The van der Waals surface area contributed by atoms with Crippen molar-refractivity contribution in [3.63, 3.8) is 0 Å². The standard InChI is InChI=1S/C15H25NO2S/c1-4-5-11-19(17,18)16-15(12-13(2)3)14-9-7-6-8-10-14/h6-10,13,15-16H,4-5,11-12H2,1-3H3. The van der Waals surface area contributed by atoms with Gasteiger partial charge in [-0.05, 0) is 24.3 Å². The second-order valence-corrected chi connectivity index (χ2v) is 7.26. The molecule has 0 fully saturated rings. The third-order valence-corrected chi connectivity index (χ3v) is 4.47. The van der Waals surface area contributed by atoms with Crippen molar-refractivity contribution in [2.45, 2.75) is 46.1 Å². The molecule has 1 aromatic rings. The van der Waals surface area contributed by atoms with Gasteiger partial charge in [0.05, 0.1) is 5.75 Å². The second kappa shape index (κ2) is 7.65. The molecule has 4 heteroatoms. The zero-order valence-electron chi connectivity index (χ0n) is 12.1. The summed E-state index contributed by atoms with van der Waals surface area (Å²) in [4.78, 5) is 0. The lowest BCUT2D eigenvalue weighted by molar-refractivity contribution is 0.471. The summed E-state index contributed by atoms with van der Waals surface area (Å²) in [6.45, 7) is 6.21. The van der Waals surface area contributed by atoms with Gasteiger partial charge < -0.3 is 0 Å². The average molecular weight is 283 g/mol. The molecule has 0 aliphatic heterocycles. The topological polar surface area (TPSA) is 46.2 Å². The Morgan fingerprint density at radius 3 is 2.32 bits per heavy atom. The highest BCUT2D eigenvalue weighted by Crippen LogP contribution is 2.22. The van der Waals surface area contributed by atoms with Gasteiger partial charge in [0.2, 0.25) is 10.0 Å². The zero-order chi connectivity index (χ0) is 14.3. The fourth-order valence-electron chi connectivity index (χ4n) is 2.02. The quantitative estimate of drug-likeness (QED) is 0.793. The number of unbranched alkanes of at least 4 members (excludes halogenated alkanes) is 1. The Kier molecular flexibility index (Phi) is 6.52. The van der Waals surface area contributed by atoms with E-state index in [-0.39, 0.29) is 11.8 Å². The number of hydrogen-bond acceptors (Lipinski definition) is 2. The third kappa shape index (κ3) is 6.21. The van der Waals surface area contributed by atoms with E-state index in [0.29, 0.717) is 12.3 Å². The maximum absolute atomic E-state index is 12.0. The maximum atomic E-state index is 12.0. The van der Waals surface area contributed by atoms with Crippen LogP contribution in [0.5, 0.6) is 0 Å². The van der Waals surface area contributed by atoms with Crippen LogP contribution in [0, 0.1) is 5.92 Å². The molecule has 1 atom stereocenters. The Hall–Kier alpha value is -0.870. The normalized spacial score (nSPS) is 13.7. The van der Waals surface area contributed by atoms with Crippen molar-refractivity contribution >= 4 is 10.0 Å². The molecule has 3 nitrogen and oxygen atoms in total. The molecule has 0 bridgehead atoms. The van der Waals surface area contributed by atoms with Crippen molar-refractivity contribution < 1.29 is 8.42 Å². The molecule has 1 N–H and O–H groups in total. The molecule has 0 aromatic heterocycles. The van der Waals surface area contributed by atoms with Gasteiger partial charge in [0, 0.05) is 6.04 Å². The molecular weight excluding hydrogens is 258 g/mol. The number of rotatable bonds is 8. The first-order valence-electron chi connectivity index (χ1n) is 6.99. The van der Waals surface area contributed by atoms with E-state index in [1.54, 1.807) is 0 Å². The van der Waals surface area contributed by atoms with E-state index in [4.69, 9.17) is 0 Å². The van der Waals surface area contributed by atoms with Gasteiger partial charge in [0.25, 0.3) is 0 Å². The minimum atomic E-state index is -3.19. The predicted molar refractivity (Wildman–Crippen MR) is 80.5 cm³/mol. The van der Waals surface area contributed by atoms with Gasteiger partial charge in [0.1, 0.15) is 0 Å². The SMILES string of the molecule is CCCCS(=O)(=O)NC(CC(C)C)c1ccccc1. The Bertz CT molecular complexity index is 454. The second-order valence-electron chi connectivity index (χ2n) is 5.38. The highest BCUT2D eigenvalue weighted by molar-refractivity contribution is 7.89. The first-order chi connectivity index (χ1) is 8.94. The average Bonchev–Trinajstić information content (AvgIpc) is 2.36. The van der Waals surface area contributed by atoms with Gasteiger partial charge in [-0.2, -0.15) is 0 Å². The fraction of sp³-hybridized carbons (Fsp3) is 0.600. The molecule has 1 aromatic carbocycles. The highest BCUT2D eigenvalue weighted by Gasteiger charge is 2.19. The van der Waals surface area contributed by atoms with Gasteiger partial charge in [-0.25, -0.2) is 13.1 Å². The van der Waals surface area contributed by atoms with Gasteiger partial charge in [-0.15, -0.1) is 0 Å². The molecule has 0 saturated carbocycles. The summed E-state index contributed by atoms with van der Waals surface area (Å²) in [5.41, 5.74) is 1.04. The fourth-order valence-corrected chi connectivity index (χ4v) is 3.47. The van der Waals surface area contributed by atoms with E-state index in [1.807, 2.05) is 37.3 Å². The van der Waals surface area contributed by atoms with E-state index in [1.165, 1.54) is 0 Å². The first kappa shape index (κ1) is 16.2. The molecule has 0 amide bonds. The maximum Gasteiger partial charge on any atom is 0.212 e. The Morgan fingerprint density at radius 2 is 1.79 bits per heavy atom. The number of hydrogen-bond donors (Lipinski definition) is 1. The van der Waals surface area contributed by atoms with Gasteiger partial charge >= 0.3 is 0 Å². The molecule has 1 rings (SSSR count). The van der Waals surface area contributed by atoms with E-state index >= 15 is 0 Å². The van der Waals surface area contributed by atoms with Crippen LogP contribution >= 0.6 is 0 Å². The zero-order valence-corrected chi connectivity index (χ0v) is 12.9. The summed E-state index contributed by atoms with van der Waals surface area (Å²) in [6.07, 6.45) is 2.41. The summed E-state index contributed by atoms with van der Waals surface area (Å²) in [5.74, 6) is 0.657. The molecule has 0 aliphatic carbocycles. The largest absolute Gasteiger partial charge is 0.212 e. The van der Waals surface area contributed by atoms with Gasteiger partial charge in [-0.1, -0.05) is 57.5 Å². The monoisotopic (exact) mass is 283 g/mol. The van der Waals surface area contributed by atoms with Crippen molar-refractivity contribution in [3.8, 4) is 0 Å². The molecule has 0 heterocycles. The lowest BCUT2D eigenvalue weighted by atomic mass is 9.98. The molecule has 0 aliphatic rings. The van der Waals surface area contributed by atoms with Crippen LogP contribution in [0.3, 0.4) is 0 Å². The third-order valence-electron chi connectivity index (χ3n) is 3.00. The molecular formula is C15H25NO2S. The van der Waals surface area contributed by atoms with Crippen LogP contribution in [-0.2, 0) is 10.0 Å². The molecule has 0 spiro atoms. The smallest absolute Gasteiger partial charge is 0.212 e. The van der Waals surface area contributed by atoms with Crippen molar-refractivity contribution in [1.29, 1.82) is 0 Å². The molecule has 0 saturated heterocycles. The van der Waals surface area contributed by atoms with Crippen molar-refractivity contribution in [2.24, 2.45) is 5.92 Å². The lowest BCUT2D eigenvalue weighted by Gasteiger charge is -2.21. The lowest BCUT2D eigenvalue weighted by Crippen LogP contribution is -2.31. The van der Waals surface area contributed by atoms with E-state index in [9.17, 15) is 8.42 Å². The summed E-state index contributed by atoms with van der Waals surface area (Å²) in [6, 6.07) is 9.68. The highest BCUT2D eigenvalue weighted by atomic mass is 32.2. The van der Waals surface area contributed by atoms with Crippen LogP contribution in [0.2, 0.25) is 0 Å². The van der Waals surface area contributed by atoms with Crippen molar-refractivity contribution in [3.05, 3.63) is 35.9 Å². The van der Waals surface area contributed by atoms with Crippen LogP contribution in [0.15, 0.2) is 30.3 Å². The van der Waals surface area contributed by atoms with Crippen LogP contribution < -0.4 is 4.72 Å². The Morgan fingerprint density at radius 1 is 1.16 bits per heavy atom. The predicted octanol–water partition coefficient (Wildman–Crippen LogP) is 3.49. The summed E-state index contributed by atoms with van der Waals surface area (Å²) in [7, 11) is -3.19.